The van der Waals surface area contributed by atoms with Crippen LogP contribution in [0.2, 0.25) is 0 Å². The van der Waals surface area contributed by atoms with Gasteiger partial charge in [0.15, 0.2) is 0 Å². The summed E-state index contributed by atoms with van der Waals surface area (Å²) in [6.45, 7) is 7.61. The Hall–Kier alpha value is -3.12. The molecule has 0 saturated carbocycles. The van der Waals surface area contributed by atoms with Gasteiger partial charge < -0.3 is 10.1 Å². The zero-order chi connectivity index (χ0) is 22.0. The monoisotopic (exact) mass is 426 g/mol. The summed E-state index contributed by atoms with van der Waals surface area (Å²) in [6.07, 6.45) is -0.344. The normalized spacial score (nSPS) is 14.2. The average molecular weight is 427 g/mol. The lowest BCUT2D eigenvalue weighted by atomic mass is 10.0. The number of ether oxygens (including phenoxy) is 1. The SMILES string of the molecule is CC(C)OC(=O)c1ccccc1N1C(=O)C(Cl)=C(Nc2ccc(C(C)C)cc2)C1=O. The van der Waals surface area contributed by atoms with Crippen molar-refractivity contribution in [3.05, 3.63) is 70.4 Å². The number of carbonyl (C=O) groups excluding carboxylic acids is 3. The topological polar surface area (TPSA) is 75.7 Å². The number of anilines is 2. The summed E-state index contributed by atoms with van der Waals surface area (Å²) in [7, 11) is 0. The van der Waals surface area contributed by atoms with Crippen LogP contribution in [0, 0.1) is 0 Å². The molecule has 0 spiro atoms. The number of rotatable bonds is 6. The molecule has 0 bridgehead atoms. The summed E-state index contributed by atoms with van der Waals surface area (Å²) in [4.78, 5) is 39.2. The average Bonchev–Trinajstić information content (AvgIpc) is 2.91. The Kier molecular flexibility index (Phi) is 6.27. The number of halogens is 1. The van der Waals surface area contributed by atoms with Crippen LogP contribution in [-0.2, 0) is 14.3 Å². The fourth-order valence-corrected chi connectivity index (χ4v) is 3.26. The quantitative estimate of drug-likeness (QED) is 0.529. The number of hydrogen-bond donors (Lipinski definition) is 1. The second-order valence-corrected chi connectivity index (χ2v) is 7.89. The van der Waals surface area contributed by atoms with E-state index in [4.69, 9.17) is 16.3 Å². The standard InChI is InChI=1S/C23H23ClN2O4/c1-13(2)15-9-11-16(12-10-15)25-20-19(24)21(27)26(22(20)28)18-8-6-5-7-17(18)23(29)30-14(3)4/h5-14,25H,1-4H3. The Morgan fingerprint density at radius 3 is 2.20 bits per heavy atom. The van der Waals surface area contributed by atoms with Gasteiger partial charge in [-0.15, -0.1) is 0 Å². The lowest BCUT2D eigenvalue weighted by Crippen LogP contribution is -2.33. The van der Waals surface area contributed by atoms with Crippen molar-refractivity contribution in [1.82, 2.24) is 0 Å². The fourth-order valence-electron chi connectivity index (χ4n) is 3.04. The summed E-state index contributed by atoms with van der Waals surface area (Å²) in [5.41, 5.74) is 1.98. The van der Waals surface area contributed by atoms with Crippen molar-refractivity contribution in [2.75, 3.05) is 10.2 Å². The number of amides is 2. The van der Waals surface area contributed by atoms with Gasteiger partial charge in [-0.05, 0) is 49.6 Å². The number of imide groups is 1. The number of para-hydroxylation sites is 1. The van der Waals surface area contributed by atoms with Gasteiger partial charge in [0.1, 0.15) is 10.7 Å². The maximum atomic E-state index is 13.1. The summed E-state index contributed by atoms with van der Waals surface area (Å²) >= 11 is 6.20. The molecule has 2 aromatic carbocycles. The van der Waals surface area contributed by atoms with Crippen LogP contribution in [0.1, 0.15) is 49.5 Å². The molecule has 0 unspecified atom stereocenters. The van der Waals surface area contributed by atoms with E-state index in [1.54, 1.807) is 26.0 Å². The summed E-state index contributed by atoms with van der Waals surface area (Å²) in [5.74, 6) is -1.59. The summed E-state index contributed by atoms with van der Waals surface area (Å²) < 4.78 is 5.24. The van der Waals surface area contributed by atoms with Crippen molar-refractivity contribution in [1.29, 1.82) is 0 Å². The minimum atomic E-state index is -0.701. The van der Waals surface area contributed by atoms with Gasteiger partial charge in [-0.2, -0.15) is 0 Å². The minimum Gasteiger partial charge on any atom is -0.459 e. The molecule has 1 N–H and O–H groups in total. The van der Waals surface area contributed by atoms with Crippen molar-refractivity contribution in [2.45, 2.75) is 39.7 Å². The molecule has 7 heteroatoms. The fraction of sp³-hybridized carbons (Fsp3) is 0.261. The first kappa shape index (κ1) is 21.6. The maximum Gasteiger partial charge on any atom is 0.340 e. The number of hydrogen-bond acceptors (Lipinski definition) is 5. The van der Waals surface area contributed by atoms with Crippen LogP contribution in [0.3, 0.4) is 0 Å². The molecule has 3 rings (SSSR count). The maximum absolute atomic E-state index is 13.1. The van der Waals surface area contributed by atoms with Gasteiger partial charge in [0.05, 0.1) is 17.4 Å². The Labute approximate surface area is 180 Å². The lowest BCUT2D eigenvalue weighted by molar-refractivity contribution is -0.120. The first-order valence-corrected chi connectivity index (χ1v) is 10.0. The number of nitrogens with one attached hydrogen (secondary N) is 1. The van der Waals surface area contributed by atoms with Crippen LogP contribution in [0.5, 0.6) is 0 Å². The zero-order valence-electron chi connectivity index (χ0n) is 17.2. The zero-order valence-corrected chi connectivity index (χ0v) is 18.0. The third kappa shape index (κ3) is 4.24. The van der Waals surface area contributed by atoms with Gasteiger partial charge in [-0.1, -0.05) is 49.7 Å². The molecule has 0 saturated heterocycles. The number of carbonyl (C=O) groups is 3. The van der Waals surface area contributed by atoms with Crippen LogP contribution in [0.15, 0.2) is 59.3 Å². The highest BCUT2D eigenvalue weighted by Gasteiger charge is 2.40. The van der Waals surface area contributed by atoms with E-state index >= 15 is 0 Å². The van der Waals surface area contributed by atoms with Crippen molar-refractivity contribution in [3.63, 3.8) is 0 Å². The predicted octanol–water partition coefficient (Wildman–Crippen LogP) is 4.81. The number of esters is 1. The molecule has 156 valence electrons. The van der Waals surface area contributed by atoms with E-state index < -0.39 is 17.8 Å². The molecule has 2 aromatic rings. The predicted molar refractivity (Wildman–Crippen MR) is 117 cm³/mol. The van der Waals surface area contributed by atoms with E-state index in [1.165, 1.54) is 12.1 Å². The summed E-state index contributed by atoms with van der Waals surface area (Å²) in [5, 5.41) is 2.70. The van der Waals surface area contributed by atoms with Crippen LogP contribution >= 0.6 is 11.6 Å². The molecule has 1 aliphatic rings. The number of nitrogens with zero attached hydrogens (tertiary/aromatic N) is 1. The Morgan fingerprint density at radius 2 is 1.60 bits per heavy atom. The van der Waals surface area contributed by atoms with Gasteiger partial charge in [0, 0.05) is 5.69 Å². The summed E-state index contributed by atoms with van der Waals surface area (Å²) in [6, 6.07) is 13.8. The van der Waals surface area contributed by atoms with Crippen LogP contribution in [-0.4, -0.2) is 23.9 Å². The van der Waals surface area contributed by atoms with Gasteiger partial charge in [-0.25, -0.2) is 9.69 Å². The first-order valence-electron chi connectivity index (χ1n) is 9.66. The molecule has 2 amide bonds. The number of benzene rings is 2. The molecule has 0 radical (unpaired) electrons. The Balaban J connectivity index is 1.90. The minimum absolute atomic E-state index is 0.0361. The second-order valence-electron chi connectivity index (χ2n) is 7.51. The lowest BCUT2D eigenvalue weighted by Gasteiger charge is -2.19. The van der Waals surface area contributed by atoms with Crippen LogP contribution in [0.25, 0.3) is 0 Å². The van der Waals surface area contributed by atoms with Crippen molar-refractivity contribution in [3.8, 4) is 0 Å². The highest BCUT2D eigenvalue weighted by Crippen LogP contribution is 2.32. The smallest absolute Gasteiger partial charge is 0.340 e. The van der Waals surface area contributed by atoms with Gasteiger partial charge >= 0.3 is 5.97 Å². The van der Waals surface area contributed by atoms with Crippen molar-refractivity contribution >= 4 is 40.8 Å². The molecule has 0 fully saturated rings. The van der Waals surface area contributed by atoms with E-state index in [2.05, 4.69) is 19.2 Å². The van der Waals surface area contributed by atoms with Crippen LogP contribution in [0.4, 0.5) is 11.4 Å². The highest BCUT2D eigenvalue weighted by molar-refractivity contribution is 6.53. The van der Waals surface area contributed by atoms with E-state index in [9.17, 15) is 14.4 Å². The molecule has 30 heavy (non-hydrogen) atoms. The molecule has 6 nitrogen and oxygen atoms in total. The largest absolute Gasteiger partial charge is 0.459 e. The van der Waals surface area contributed by atoms with E-state index in [0.29, 0.717) is 11.6 Å². The molecular formula is C23H23ClN2O4. The third-order valence-electron chi connectivity index (χ3n) is 4.58. The molecule has 1 heterocycles. The third-order valence-corrected chi connectivity index (χ3v) is 4.93. The Bertz CT molecular complexity index is 1030. The molecule has 0 atom stereocenters. The second kappa shape index (κ2) is 8.71. The highest BCUT2D eigenvalue weighted by atomic mass is 35.5. The molecule has 0 aliphatic carbocycles. The van der Waals surface area contributed by atoms with Gasteiger partial charge in [-0.3, -0.25) is 9.59 Å². The van der Waals surface area contributed by atoms with Crippen LogP contribution < -0.4 is 10.2 Å². The van der Waals surface area contributed by atoms with E-state index in [-0.39, 0.29) is 28.1 Å². The van der Waals surface area contributed by atoms with E-state index in [1.807, 2.05) is 24.3 Å². The van der Waals surface area contributed by atoms with Gasteiger partial charge in [0.25, 0.3) is 11.8 Å². The van der Waals surface area contributed by atoms with E-state index in [0.717, 1.165) is 10.5 Å². The molecular weight excluding hydrogens is 404 g/mol. The van der Waals surface area contributed by atoms with Gasteiger partial charge in [0.2, 0.25) is 0 Å². The first-order chi connectivity index (χ1) is 14.2. The van der Waals surface area contributed by atoms with Crippen molar-refractivity contribution < 1.29 is 19.1 Å². The molecule has 1 aliphatic heterocycles. The van der Waals surface area contributed by atoms with Crippen molar-refractivity contribution in [2.24, 2.45) is 0 Å². The Morgan fingerprint density at radius 1 is 0.967 bits per heavy atom. The molecule has 0 aromatic heterocycles.